The normalized spacial score (nSPS) is 16.9. The number of hydrogen-bond acceptors (Lipinski definition) is 2. The Kier molecular flexibility index (Phi) is 5.39. The van der Waals surface area contributed by atoms with Gasteiger partial charge in [0, 0.05) is 30.5 Å². The molecule has 4 nitrogen and oxygen atoms in total. The number of alkyl halides is 2. The zero-order valence-corrected chi connectivity index (χ0v) is 16.5. The molecule has 0 bridgehead atoms. The van der Waals surface area contributed by atoms with Gasteiger partial charge in [0.1, 0.15) is 5.82 Å². The average Bonchev–Trinajstić information content (AvgIpc) is 3.17. The minimum atomic E-state index is -3.66. The number of carbonyl (C=O) groups excluding carboxylic acids is 1. The first-order valence-electron chi connectivity index (χ1n) is 9.74. The molecule has 30 heavy (non-hydrogen) atoms. The van der Waals surface area contributed by atoms with Crippen LogP contribution in [0.25, 0.3) is 0 Å². The van der Waals surface area contributed by atoms with E-state index in [1.807, 2.05) is 54.4 Å². The van der Waals surface area contributed by atoms with E-state index in [-0.39, 0.29) is 12.6 Å². The van der Waals surface area contributed by atoms with Crippen LogP contribution in [0.15, 0.2) is 66.9 Å². The third-order valence-electron chi connectivity index (χ3n) is 5.36. The zero-order valence-electron chi connectivity index (χ0n) is 16.5. The molecule has 1 aliphatic heterocycles. The first-order chi connectivity index (χ1) is 14.3. The quantitative estimate of drug-likeness (QED) is 0.637. The Hall–Kier alpha value is -3.06. The van der Waals surface area contributed by atoms with Crippen molar-refractivity contribution in [2.75, 3.05) is 13.1 Å². The Labute approximate surface area is 172 Å². The Morgan fingerprint density at radius 3 is 2.60 bits per heavy atom. The molecule has 1 amide bonds. The van der Waals surface area contributed by atoms with Crippen LogP contribution >= 0.6 is 0 Å². The van der Waals surface area contributed by atoms with Crippen LogP contribution in [0.3, 0.4) is 0 Å². The molecule has 3 aromatic rings. The molecule has 1 aromatic heterocycles. The van der Waals surface area contributed by atoms with E-state index in [4.69, 9.17) is 0 Å². The fourth-order valence-electron chi connectivity index (χ4n) is 3.89. The predicted octanol–water partition coefficient (Wildman–Crippen LogP) is 4.21. The lowest BCUT2D eigenvalue weighted by atomic mass is 9.99. The van der Waals surface area contributed by atoms with Gasteiger partial charge in [-0.05, 0) is 36.8 Å². The van der Waals surface area contributed by atoms with Gasteiger partial charge in [0.2, 0.25) is 5.91 Å². The second kappa shape index (κ2) is 7.99. The molecule has 0 saturated heterocycles. The standard InChI is InChI=1S/C23H22F3N3O/c1-16-7-9-17(10-8-16)22-20-6-3-11-28(20)12-13-29(22)15-21(30)27-23(25,26)18-4-2-5-19(24)14-18/h2-11,14,22H,12-13,15H2,1H3,(H,27,30). The molecule has 2 heterocycles. The van der Waals surface area contributed by atoms with E-state index < -0.39 is 23.3 Å². The molecule has 0 fully saturated rings. The molecule has 7 heteroatoms. The average molecular weight is 413 g/mol. The Balaban J connectivity index is 1.55. The number of hydrogen-bond donors (Lipinski definition) is 1. The number of amides is 1. The number of aryl methyl sites for hydroxylation is 1. The van der Waals surface area contributed by atoms with E-state index in [2.05, 4.69) is 4.57 Å². The predicted molar refractivity (Wildman–Crippen MR) is 107 cm³/mol. The van der Waals surface area contributed by atoms with Gasteiger partial charge < -0.3 is 4.57 Å². The van der Waals surface area contributed by atoms with Crippen LogP contribution in [0.2, 0.25) is 0 Å². The zero-order chi connectivity index (χ0) is 21.3. The lowest BCUT2D eigenvalue weighted by molar-refractivity contribution is -0.135. The lowest BCUT2D eigenvalue weighted by Gasteiger charge is -2.37. The number of halogens is 3. The molecule has 0 aliphatic carbocycles. The maximum absolute atomic E-state index is 14.5. The maximum Gasteiger partial charge on any atom is 0.352 e. The highest BCUT2D eigenvalue weighted by Crippen LogP contribution is 2.32. The third kappa shape index (κ3) is 4.11. The van der Waals surface area contributed by atoms with Crippen LogP contribution in [0.1, 0.15) is 28.4 Å². The fourth-order valence-corrected chi connectivity index (χ4v) is 3.89. The van der Waals surface area contributed by atoms with Crippen molar-refractivity contribution in [1.82, 2.24) is 14.8 Å². The van der Waals surface area contributed by atoms with E-state index in [9.17, 15) is 18.0 Å². The molecule has 1 atom stereocenters. The maximum atomic E-state index is 14.5. The third-order valence-corrected chi connectivity index (χ3v) is 5.36. The summed E-state index contributed by atoms with van der Waals surface area (Å²) in [5.74, 6) is -1.60. The molecule has 1 aliphatic rings. The second-order valence-corrected chi connectivity index (χ2v) is 7.54. The molecule has 0 spiro atoms. The number of benzene rings is 2. The van der Waals surface area contributed by atoms with Crippen molar-refractivity contribution in [3.8, 4) is 0 Å². The summed E-state index contributed by atoms with van der Waals surface area (Å²) in [7, 11) is 0. The summed E-state index contributed by atoms with van der Waals surface area (Å²) in [6.45, 7) is 3.00. The van der Waals surface area contributed by atoms with E-state index in [1.165, 1.54) is 6.07 Å². The van der Waals surface area contributed by atoms with E-state index in [0.717, 1.165) is 35.0 Å². The minimum absolute atomic E-state index is 0.200. The summed E-state index contributed by atoms with van der Waals surface area (Å²) in [5, 5.41) is 1.76. The van der Waals surface area contributed by atoms with Crippen molar-refractivity contribution in [2.24, 2.45) is 0 Å². The van der Waals surface area contributed by atoms with Crippen LogP contribution in [0.5, 0.6) is 0 Å². The molecule has 0 radical (unpaired) electrons. The van der Waals surface area contributed by atoms with Gasteiger partial charge in [0.05, 0.1) is 12.6 Å². The molecule has 156 valence electrons. The highest BCUT2D eigenvalue weighted by Gasteiger charge is 2.36. The largest absolute Gasteiger partial charge is 0.352 e. The number of aromatic nitrogens is 1. The number of fused-ring (bicyclic) bond motifs is 1. The highest BCUT2D eigenvalue weighted by atomic mass is 19.3. The number of carbonyl (C=O) groups is 1. The van der Waals surface area contributed by atoms with Crippen molar-refractivity contribution >= 4 is 5.91 Å². The SMILES string of the molecule is Cc1ccc(C2c3cccn3CCN2CC(=O)NC(F)(F)c2cccc(F)c2)cc1. The lowest BCUT2D eigenvalue weighted by Crippen LogP contribution is -2.48. The topological polar surface area (TPSA) is 37.3 Å². The molecular formula is C23H22F3N3O. The van der Waals surface area contributed by atoms with Crippen LogP contribution in [-0.2, 0) is 17.4 Å². The first-order valence-corrected chi connectivity index (χ1v) is 9.74. The van der Waals surface area contributed by atoms with Gasteiger partial charge in [0.15, 0.2) is 0 Å². The monoisotopic (exact) mass is 413 g/mol. The van der Waals surface area contributed by atoms with Gasteiger partial charge in [0.25, 0.3) is 0 Å². The van der Waals surface area contributed by atoms with Crippen molar-refractivity contribution in [3.05, 3.63) is 95.1 Å². The Morgan fingerprint density at radius 1 is 1.10 bits per heavy atom. The van der Waals surface area contributed by atoms with Crippen LogP contribution in [0, 0.1) is 12.7 Å². The van der Waals surface area contributed by atoms with Crippen molar-refractivity contribution < 1.29 is 18.0 Å². The van der Waals surface area contributed by atoms with Gasteiger partial charge in [-0.3, -0.25) is 15.0 Å². The number of rotatable bonds is 5. The second-order valence-electron chi connectivity index (χ2n) is 7.54. The summed E-state index contributed by atoms with van der Waals surface area (Å²) in [4.78, 5) is 14.4. The summed E-state index contributed by atoms with van der Waals surface area (Å²) in [6.07, 6.45) is 1.98. The minimum Gasteiger partial charge on any atom is -0.348 e. The van der Waals surface area contributed by atoms with Gasteiger partial charge in [-0.15, -0.1) is 0 Å². The summed E-state index contributed by atoms with van der Waals surface area (Å²) in [6, 6.07) is 12.1. The van der Waals surface area contributed by atoms with Gasteiger partial charge >= 0.3 is 6.05 Å². The molecule has 0 saturated carbocycles. The first kappa shape index (κ1) is 20.2. The Morgan fingerprint density at radius 2 is 1.87 bits per heavy atom. The highest BCUT2D eigenvalue weighted by molar-refractivity contribution is 5.78. The summed E-state index contributed by atoms with van der Waals surface area (Å²) >= 11 is 0. The van der Waals surface area contributed by atoms with E-state index >= 15 is 0 Å². The van der Waals surface area contributed by atoms with Crippen molar-refractivity contribution in [1.29, 1.82) is 0 Å². The molecule has 2 aromatic carbocycles. The fraction of sp³-hybridized carbons (Fsp3) is 0.261. The van der Waals surface area contributed by atoms with E-state index in [1.54, 1.807) is 5.32 Å². The number of nitrogens with zero attached hydrogens (tertiary/aromatic N) is 2. The van der Waals surface area contributed by atoms with E-state index in [0.29, 0.717) is 13.1 Å². The van der Waals surface area contributed by atoms with Crippen molar-refractivity contribution in [3.63, 3.8) is 0 Å². The van der Waals surface area contributed by atoms with Crippen LogP contribution in [-0.4, -0.2) is 28.5 Å². The molecule has 1 unspecified atom stereocenters. The molecule has 4 rings (SSSR count). The smallest absolute Gasteiger partial charge is 0.348 e. The molecule has 1 N–H and O–H groups in total. The van der Waals surface area contributed by atoms with Gasteiger partial charge in [-0.1, -0.05) is 42.0 Å². The summed E-state index contributed by atoms with van der Waals surface area (Å²) in [5.41, 5.74) is 2.53. The van der Waals surface area contributed by atoms with Gasteiger partial charge in [-0.2, -0.15) is 8.78 Å². The van der Waals surface area contributed by atoms with Crippen molar-refractivity contribution in [2.45, 2.75) is 25.6 Å². The number of nitrogens with one attached hydrogen (secondary N) is 1. The molecular weight excluding hydrogens is 391 g/mol. The van der Waals surface area contributed by atoms with Gasteiger partial charge in [-0.25, -0.2) is 4.39 Å². The van der Waals surface area contributed by atoms with Crippen LogP contribution in [0.4, 0.5) is 13.2 Å². The Bertz CT molecular complexity index is 1050. The van der Waals surface area contributed by atoms with Crippen LogP contribution < -0.4 is 5.32 Å². The summed E-state index contributed by atoms with van der Waals surface area (Å²) < 4.78 is 44.4.